The van der Waals surface area contributed by atoms with E-state index in [0.29, 0.717) is 24.2 Å². The third-order valence-electron chi connectivity index (χ3n) is 5.55. The van der Waals surface area contributed by atoms with Gasteiger partial charge >= 0.3 is 0 Å². The maximum atomic E-state index is 6.17. The van der Waals surface area contributed by atoms with Crippen molar-refractivity contribution >= 4 is 17.3 Å². The first-order valence-corrected chi connectivity index (χ1v) is 9.19. The first-order chi connectivity index (χ1) is 13.1. The molecule has 0 saturated carbocycles. The molecule has 1 unspecified atom stereocenters. The second-order valence-corrected chi connectivity index (χ2v) is 7.39. The van der Waals surface area contributed by atoms with Crippen LogP contribution in [0.4, 0.5) is 5.69 Å². The van der Waals surface area contributed by atoms with E-state index in [0.717, 1.165) is 23.8 Å². The van der Waals surface area contributed by atoms with Gasteiger partial charge in [0.05, 0.1) is 25.3 Å². The number of pyridine rings is 1. The zero-order chi connectivity index (χ0) is 18.6. The molecule has 2 aliphatic rings. The Kier molecular flexibility index (Phi) is 3.59. The minimum Gasteiger partial charge on any atom is -0.490 e. The van der Waals surface area contributed by atoms with Gasteiger partial charge in [0.1, 0.15) is 29.0 Å². The molecule has 0 N–H and O–H groups in total. The van der Waals surface area contributed by atoms with Crippen molar-refractivity contribution in [2.45, 2.75) is 12.0 Å². The fourth-order valence-corrected chi connectivity index (χ4v) is 4.28. The van der Waals surface area contributed by atoms with Crippen molar-refractivity contribution < 1.29 is 9.47 Å². The van der Waals surface area contributed by atoms with Gasteiger partial charge in [0.25, 0.3) is 0 Å². The molecule has 0 radical (unpaired) electrons. The van der Waals surface area contributed by atoms with Crippen LogP contribution >= 0.6 is 11.6 Å². The van der Waals surface area contributed by atoms with Crippen LogP contribution in [0.15, 0.2) is 42.6 Å². The monoisotopic (exact) mass is 382 g/mol. The highest BCUT2D eigenvalue weighted by molar-refractivity contribution is 6.29. The van der Waals surface area contributed by atoms with Crippen molar-refractivity contribution in [1.82, 2.24) is 14.5 Å². The molecule has 1 aromatic carbocycles. The summed E-state index contributed by atoms with van der Waals surface area (Å²) >= 11 is 6.17. The van der Waals surface area contributed by atoms with Crippen LogP contribution in [0.5, 0.6) is 11.6 Å². The van der Waals surface area contributed by atoms with Gasteiger partial charge in [-0.1, -0.05) is 29.8 Å². The lowest BCUT2D eigenvalue weighted by atomic mass is 9.81. The maximum Gasteiger partial charge on any atom is 0.213 e. The molecule has 27 heavy (non-hydrogen) atoms. The zero-order valence-electron chi connectivity index (χ0n) is 15.1. The van der Waals surface area contributed by atoms with E-state index in [9.17, 15) is 0 Å². The lowest BCUT2D eigenvalue weighted by Crippen LogP contribution is -2.36. The van der Waals surface area contributed by atoms with Crippen LogP contribution in [0.2, 0.25) is 5.15 Å². The Morgan fingerprint density at radius 2 is 2.11 bits per heavy atom. The lowest BCUT2D eigenvalue weighted by molar-refractivity contribution is 0.298. The normalized spacial score (nSPS) is 19.9. The van der Waals surface area contributed by atoms with Gasteiger partial charge < -0.3 is 18.9 Å². The van der Waals surface area contributed by atoms with Crippen molar-refractivity contribution in [3.8, 4) is 11.6 Å². The molecule has 138 valence electrons. The number of benzene rings is 1. The first kappa shape index (κ1) is 16.4. The SMILES string of the molecule is COc1ccc2c(n1)C1(CO2)CN(Cc2ncc(Cl)n2C)c2ccccc21. The number of aromatic nitrogens is 3. The molecule has 2 aromatic heterocycles. The Bertz CT molecular complexity index is 1030. The number of halogens is 1. The average Bonchev–Trinajstić information content (AvgIpc) is 3.33. The number of nitrogens with zero attached hydrogens (tertiary/aromatic N) is 4. The molecule has 4 heterocycles. The summed E-state index contributed by atoms with van der Waals surface area (Å²) in [4.78, 5) is 11.5. The number of para-hydroxylation sites is 1. The van der Waals surface area contributed by atoms with Gasteiger partial charge in [-0.2, -0.15) is 0 Å². The first-order valence-electron chi connectivity index (χ1n) is 8.81. The highest BCUT2D eigenvalue weighted by Gasteiger charge is 2.51. The van der Waals surface area contributed by atoms with Crippen molar-refractivity contribution in [3.63, 3.8) is 0 Å². The minimum atomic E-state index is -0.310. The van der Waals surface area contributed by atoms with Crippen LogP contribution < -0.4 is 14.4 Å². The molecule has 5 rings (SSSR count). The summed E-state index contributed by atoms with van der Waals surface area (Å²) < 4.78 is 13.3. The summed E-state index contributed by atoms with van der Waals surface area (Å²) in [6.45, 7) is 2.00. The van der Waals surface area contributed by atoms with Crippen LogP contribution in [-0.2, 0) is 19.0 Å². The Morgan fingerprint density at radius 3 is 2.89 bits per heavy atom. The van der Waals surface area contributed by atoms with Gasteiger partial charge in [-0.05, 0) is 17.7 Å². The second kappa shape index (κ2) is 5.89. The highest BCUT2D eigenvalue weighted by Crippen LogP contribution is 2.51. The average molecular weight is 383 g/mol. The van der Waals surface area contributed by atoms with Crippen LogP contribution in [0, 0.1) is 0 Å². The zero-order valence-corrected chi connectivity index (χ0v) is 15.9. The Morgan fingerprint density at radius 1 is 1.26 bits per heavy atom. The molecular formula is C20H19ClN4O2. The summed E-state index contributed by atoms with van der Waals surface area (Å²) in [7, 11) is 3.57. The van der Waals surface area contributed by atoms with E-state index in [1.807, 2.05) is 23.7 Å². The summed E-state index contributed by atoms with van der Waals surface area (Å²) in [5.74, 6) is 2.35. The number of ether oxygens (including phenoxy) is 2. The predicted octanol–water partition coefficient (Wildman–Crippen LogP) is 3.18. The molecule has 6 nitrogen and oxygen atoms in total. The molecule has 7 heteroatoms. The van der Waals surface area contributed by atoms with Gasteiger partial charge in [0.15, 0.2) is 0 Å². The molecule has 0 amide bonds. The number of fused-ring (bicyclic) bond motifs is 4. The van der Waals surface area contributed by atoms with Crippen molar-refractivity contribution in [1.29, 1.82) is 0 Å². The molecule has 0 saturated heterocycles. The molecular weight excluding hydrogens is 364 g/mol. The Hall–Kier alpha value is -2.73. The maximum absolute atomic E-state index is 6.17. The van der Waals surface area contributed by atoms with Crippen LogP contribution in [-0.4, -0.2) is 34.8 Å². The third-order valence-corrected chi connectivity index (χ3v) is 5.90. The number of hydrogen-bond acceptors (Lipinski definition) is 5. The molecule has 0 aliphatic carbocycles. The van der Waals surface area contributed by atoms with E-state index in [2.05, 4.69) is 34.1 Å². The van der Waals surface area contributed by atoms with E-state index in [-0.39, 0.29) is 5.41 Å². The molecule has 2 aliphatic heterocycles. The fourth-order valence-electron chi connectivity index (χ4n) is 4.13. The standard InChI is InChI=1S/C20H19ClN4O2/c1-24-16(21)9-22-17(24)10-25-11-20(13-5-3-4-6-14(13)25)12-27-15-7-8-18(26-2)23-19(15)20/h3-9H,10-12H2,1-2H3. The molecule has 0 fully saturated rings. The largest absolute Gasteiger partial charge is 0.490 e. The fraction of sp³-hybridized carbons (Fsp3) is 0.300. The Labute approximate surface area is 162 Å². The quantitative estimate of drug-likeness (QED) is 0.696. The van der Waals surface area contributed by atoms with Gasteiger partial charge in [-0.25, -0.2) is 9.97 Å². The van der Waals surface area contributed by atoms with E-state index in [1.165, 1.54) is 11.3 Å². The summed E-state index contributed by atoms with van der Waals surface area (Å²) in [5.41, 5.74) is 3.03. The molecule has 0 bridgehead atoms. The van der Waals surface area contributed by atoms with E-state index in [1.54, 1.807) is 13.3 Å². The summed E-state index contributed by atoms with van der Waals surface area (Å²) in [6.07, 6.45) is 1.69. The van der Waals surface area contributed by atoms with E-state index >= 15 is 0 Å². The van der Waals surface area contributed by atoms with Crippen molar-refractivity contribution in [2.24, 2.45) is 7.05 Å². The summed E-state index contributed by atoms with van der Waals surface area (Å²) in [6, 6.07) is 12.2. The summed E-state index contributed by atoms with van der Waals surface area (Å²) in [5, 5.41) is 0.633. The Balaban J connectivity index is 1.60. The highest BCUT2D eigenvalue weighted by atomic mass is 35.5. The molecule has 1 spiro atoms. The lowest BCUT2D eigenvalue weighted by Gasteiger charge is -2.24. The number of anilines is 1. The smallest absolute Gasteiger partial charge is 0.213 e. The van der Waals surface area contributed by atoms with Gasteiger partial charge in [-0.3, -0.25) is 0 Å². The number of methoxy groups -OCH3 is 1. The van der Waals surface area contributed by atoms with Gasteiger partial charge in [0, 0.05) is 25.3 Å². The number of hydrogen-bond donors (Lipinski definition) is 0. The van der Waals surface area contributed by atoms with Crippen LogP contribution in [0.3, 0.4) is 0 Å². The van der Waals surface area contributed by atoms with Gasteiger partial charge in [-0.15, -0.1) is 0 Å². The topological polar surface area (TPSA) is 52.4 Å². The number of imidazole rings is 1. The van der Waals surface area contributed by atoms with Gasteiger partial charge in [0.2, 0.25) is 5.88 Å². The van der Waals surface area contributed by atoms with Crippen molar-refractivity contribution in [2.75, 3.05) is 25.2 Å². The third kappa shape index (κ3) is 2.33. The second-order valence-electron chi connectivity index (χ2n) is 7.00. The van der Waals surface area contributed by atoms with Crippen LogP contribution in [0.1, 0.15) is 17.1 Å². The van der Waals surface area contributed by atoms with Crippen molar-refractivity contribution in [3.05, 3.63) is 64.8 Å². The number of rotatable bonds is 3. The van der Waals surface area contributed by atoms with E-state index in [4.69, 9.17) is 26.1 Å². The van der Waals surface area contributed by atoms with E-state index < -0.39 is 0 Å². The predicted molar refractivity (Wildman–Crippen MR) is 103 cm³/mol. The molecule has 3 aromatic rings. The van der Waals surface area contributed by atoms with Crippen LogP contribution in [0.25, 0.3) is 0 Å². The minimum absolute atomic E-state index is 0.310. The molecule has 1 atom stereocenters.